The minimum atomic E-state index is -0.300. The zero-order valence-corrected chi connectivity index (χ0v) is 16.0. The molecule has 2 N–H and O–H groups in total. The van der Waals surface area contributed by atoms with Crippen molar-refractivity contribution in [3.05, 3.63) is 72.3 Å². The second-order valence-corrected chi connectivity index (χ2v) is 6.58. The van der Waals surface area contributed by atoms with Crippen LogP contribution in [0.25, 0.3) is 10.8 Å². The number of thiocarbonyl (C=S) groups is 1. The summed E-state index contributed by atoms with van der Waals surface area (Å²) in [5.74, 6) is -0.300. The zero-order chi connectivity index (χ0) is 19.1. The van der Waals surface area contributed by atoms with Gasteiger partial charge in [0.15, 0.2) is 5.11 Å². The van der Waals surface area contributed by atoms with Crippen molar-refractivity contribution < 1.29 is 9.53 Å². The van der Waals surface area contributed by atoms with Gasteiger partial charge in [0.1, 0.15) is 0 Å². The first kappa shape index (κ1) is 18.9. The van der Waals surface area contributed by atoms with Crippen LogP contribution in [-0.4, -0.2) is 17.7 Å². The highest BCUT2D eigenvalue weighted by Crippen LogP contribution is 2.23. The lowest BCUT2D eigenvalue weighted by atomic mass is 10.1. The van der Waals surface area contributed by atoms with Gasteiger partial charge in [0.2, 0.25) is 0 Å². The first-order valence-corrected chi connectivity index (χ1v) is 9.41. The smallest absolute Gasteiger partial charge is 0.338 e. The molecule has 0 unspecified atom stereocenters. The van der Waals surface area contributed by atoms with Gasteiger partial charge in [-0.2, -0.15) is 0 Å². The summed E-state index contributed by atoms with van der Waals surface area (Å²) in [6.45, 7) is 2.51. The molecule has 27 heavy (non-hydrogen) atoms. The van der Waals surface area contributed by atoms with Gasteiger partial charge in [0.05, 0.1) is 12.2 Å². The van der Waals surface area contributed by atoms with Gasteiger partial charge in [0.25, 0.3) is 0 Å². The number of ether oxygens (including phenoxy) is 1. The molecule has 0 atom stereocenters. The summed E-state index contributed by atoms with van der Waals surface area (Å²) in [5, 5.41) is 9.12. The molecule has 4 nitrogen and oxygen atoms in total. The first-order valence-electron chi connectivity index (χ1n) is 9.00. The Morgan fingerprint density at radius 3 is 2.48 bits per heavy atom. The Morgan fingerprint density at radius 2 is 1.70 bits per heavy atom. The summed E-state index contributed by atoms with van der Waals surface area (Å²) in [6.07, 6.45) is 1.87. The monoisotopic (exact) mass is 378 g/mol. The minimum absolute atomic E-state index is 0.300. The SMILES string of the molecule is CCCCOC(=O)c1ccc(NC(=S)Nc2cccc3ccccc23)cc1. The third-order valence-corrected chi connectivity index (χ3v) is 4.35. The molecule has 0 spiro atoms. The van der Waals surface area contributed by atoms with Crippen LogP contribution in [-0.2, 0) is 4.74 Å². The topological polar surface area (TPSA) is 50.4 Å². The van der Waals surface area contributed by atoms with E-state index in [1.165, 1.54) is 0 Å². The molecule has 0 fully saturated rings. The average Bonchev–Trinajstić information content (AvgIpc) is 2.69. The molecule has 3 aromatic carbocycles. The molecule has 0 saturated carbocycles. The zero-order valence-electron chi connectivity index (χ0n) is 15.2. The van der Waals surface area contributed by atoms with E-state index in [2.05, 4.69) is 35.8 Å². The Morgan fingerprint density at radius 1 is 0.963 bits per heavy atom. The summed E-state index contributed by atoms with van der Waals surface area (Å²) >= 11 is 5.42. The predicted octanol–water partition coefficient (Wildman–Crippen LogP) is 5.61. The number of rotatable bonds is 6. The number of hydrogen-bond donors (Lipinski definition) is 2. The van der Waals surface area contributed by atoms with Gasteiger partial charge >= 0.3 is 5.97 Å². The molecule has 3 aromatic rings. The van der Waals surface area contributed by atoms with Gasteiger partial charge in [-0.1, -0.05) is 49.7 Å². The van der Waals surface area contributed by atoms with E-state index in [0.717, 1.165) is 35.0 Å². The lowest BCUT2D eigenvalue weighted by molar-refractivity contribution is 0.0500. The highest BCUT2D eigenvalue weighted by molar-refractivity contribution is 7.80. The maximum atomic E-state index is 11.9. The van der Waals surface area contributed by atoms with E-state index in [4.69, 9.17) is 17.0 Å². The van der Waals surface area contributed by atoms with Gasteiger partial charge in [-0.15, -0.1) is 0 Å². The standard InChI is InChI=1S/C22H22N2O2S/c1-2-3-15-26-21(25)17-11-13-18(14-12-17)23-22(27)24-20-10-6-8-16-7-4-5-9-19(16)20/h4-14H,2-3,15H2,1H3,(H2,23,24,27). The van der Waals surface area contributed by atoms with Crippen molar-refractivity contribution in [3.63, 3.8) is 0 Å². The van der Waals surface area contributed by atoms with E-state index in [9.17, 15) is 4.79 Å². The quantitative estimate of drug-likeness (QED) is 0.332. The number of fused-ring (bicyclic) bond motifs is 1. The first-order chi connectivity index (χ1) is 13.2. The van der Waals surface area contributed by atoms with E-state index in [1.54, 1.807) is 12.1 Å². The van der Waals surface area contributed by atoms with Crippen molar-refractivity contribution in [2.24, 2.45) is 0 Å². The largest absolute Gasteiger partial charge is 0.462 e. The van der Waals surface area contributed by atoms with Crippen molar-refractivity contribution in [2.45, 2.75) is 19.8 Å². The number of esters is 1. The number of unbranched alkanes of at least 4 members (excludes halogenated alkanes) is 1. The molecule has 0 saturated heterocycles. The molecule has 0 aliphatic heterocycles. The lowest BCUT2D eigenvalue weighted by Crippen LogP contribution is -2.19. The van der Waals surface area contributed by atoms with Crippen LogP contribution in [0.5, 0.6) is 0 Å². The number of anilines is 2. The fraction of sp³-hybridized carbons (Fsp3) is 0.182. The molecule has 0 radical (unpaired) electrons. The van der Waals surface area contributed by atoms with Crippen molar-refractivity contribution in [1.29, 1.82) is 0 Å². The predicted molar refractivity (Wildman–Crippen MR) is 115 cm³/mol. The average molecular weight is 378 g/mol. The van der Waals surface area contributed by atoms with Gasteiger partial charge in [-0.05, 0) is 54.4 Å². The van der Waals surface area contributed by atoms with Crippen LogP contribution in [0, 0.1) is 0 Å². The van der Waals surface area contributed by atoms with Crippen LogP contribution < -0.4 is 10.6 Å². The van der Waals surface area contributed by atoms with E-state index in [-0.39, 0.29) is 5.97 Å². The van der Waals surface area contributed by atoms with Crippen LogP contribution in [0.3, 0.4) is 0 Å². The van der Waals surface area contributed by atoms with Crippen LogP contribution in [0.15, 0.2) is 66.7 Å². The molecule has 0 bridgehead atoms. The molecule has 0 aromatic heterocycles. The maximum absolute atomic E-state index is 11.9. The lowest BCUT2D eigenvalue weighted by Gasteiger charge is -2.13. The molecular formula is C22H22N2O2S. The number of benzene rings is 3. The van der Waals surface area contributed by atoms with Gasteiger partial charge in [-0.25, -0.2) is 4.79 Å². The van der Waals surface area contributed by atoms with E-state index in [0.29, 0.717) is 17.3 Å². The van der Waals surface area contributed by atoms with Crippen molar-refractivity contribution in [1.82, 2.24) is 0 Å². The van der Waals surface area contributed by atoms with Gasteiger partial charge in [-0.3, -0.25) is 0 Å². The normalized spacial score (nSPS) is 10.4. The van der Waals surface area contributed by atoms with Crippen LogP contribution in [0.1, 0.15) is 30.1 Å². The molecule has 5 heteroatoms. The highest BCUT2D eigenvalue weighted by atomic mass is 32.1. The summed E-state index contributed by atoms with van der Waals surface area (Å²) in [5.41, 5.74) is 2.28. The van der Waals surface area contributed by atoms with E-state index < -0.39 is 0 Å². The Kier molecular flexibility index (Phi) is 6.39. The fourth-order valence-corrected chi connectivity index (χ4v) is 2.93. The summed E-state index contributed by atoms with van der Waals surface area (Å²) in [7, 11) is 0. The Hall–Kier alpha value is -2.92. The van der Waals surface area contributed by atoms with Crippen molar-refractivity contribution in [3.8, 4) is 0 Å². The van der Waals surface area contributed by atoms with Crippen LogP contribution in [0.4, 0.5) is 11.4 Å². The Bertz CT molecular complexity index is 933. The molecule has 0 aliphatic carbocycles. The molecule has 0 heterocycles. The maximum Gasteiger partial charge on any atom is 0.338 e. The second kappa shape index (κ2) is 9.14. The Labute approximate surface area is 164 Å². The number of carbonyl (C=O) groups excluding carboxylic acids is 1. The highest BCUT2D eigenvalue weighted by Gasteiger charge is 2.07. The fourth-order valence-electron chi connectivity index (χ4n) is 2.70. The number of hydrogen-bond acceptors (Lipinski definition) is 3. The van der Waals surface area contributed by atoms with E-state index in [1.807, 2.05) is 36.4 Å². The molecule has 138 valence electrons. The second-order valence-electron chi connectivity index (χ2n) is 6.17. The number of nitrogens with one attached hydrogen (secondary N) is 2. The van der Waals surface area contributed by atoms with Crippen molar-refractivity contribution >= 4 is 45.4 Å². The van der Waals surface area contributed by atoms with Crippen molar-refractivity contribution in [2.75, 3.05) is 17.2 Å². The molecule has 0 amide bonds. The third-order valence-electron chi connectivity index (χ3n) is 4.15. The molecular weight excluding hydrogens is 356 g/mol. The van der Waals surface area contributed by atoms with E-state index >= 15 is 0 Å². The third kappa shape index (κ3) is 5.05. The summed E-state index contributed by atoms with van der Waals surface area (Å²) in [4.78, 5) is 11.9. The van der Waals surface area contributed by atoms with Gasteiger partial charge in [0, 0.05) is 16.8 Å². The van der Waals surface area contributed by atoms with Gasteiger partial charge < -0.3 is 15.4 Å². The molecule has 3 rings (SSSR count). The van der Waals surface area contributed by atoms with Crippen LogP contribution in [0.2, 0.25) is 0 Å². The minimum Gasteiger partial charge on any atom is -0.462 e. The molecule has 0 aliphatic rings. The van der Waals surface area contributed by atoms with Crippen LogP contribution >= 0.6 is 12.2 Å². The summed E-state index contributed by atoms with van der Waals surface area (Å²) in [6, 6.07) is 21.3. The Balaban J connectivity index is 1.61. The number of carbonyl (C=O) groups is 1. The summed E-state index contributed by atoms with van der Waals surface area (Å²) < 4.78 is 5.21.